The standard InChI is InChI=1S/C16H14F3N5/c17-16(18,19)14-9-13(2-1-12(14)10-20)23-5-7-24(8-6-23)15-3-4-21-11-22-15/h1-4,9,11H,5-8H2. The number of nitrogens with zero attached hydrogens (tertiary/aromatic N) is 5. The van der Waals surface area contributed by atoms with Crippen LogP contribution in [-0.2, 0) is 6.18 Å². The third kappa shape index (κ3) is 3.25. The second-order valence-electron chi connectivity index (χ2n) is 5.38. The van der Waals surface area contributed by atoms with Crippen LogP contribution in [0, 0.1) is 11.3 Å². The maximum absolute atomic E-state index is 13.1. The molecule has 0 saturated carbocycles. The Bertz CT molecular complexity index is 747. The summed E-state index contributed by atoms with van der Waals surface area (Å²) >= 11 is 0. The van der Waals surface area contributed by atoms with Gasteiger partial charge >= 0.3 is 6.18 Å². The Hall–Kier alpha value is -2.82. The Morgan fingerprint density at radius 1 is 1.04 bits per heavy atom. The first kappa shape index (κ1) is 16.1. The molecular weight excluding hydrogens is 319 g/mol. The van der Waals surface area contributed by atoms with Crippen LogP contribution < -0.4 is 9.80 Å². The lowest BCUT2D eigenvalue weighted by Gasteiger charge is -2.36. The van der Waals surface area contributed by atoms with Gasteiger partial charge in [-0.1, -0.05) is 0 Å². The van der Waals surface area contributed by atoms with Gasteiger partial charge in [-0.15, -0.1) is 0 Å². The first-order chi connectivity index (χ1) is 11.5. The Balaban J connectivity index is 1.76. The fourth-order valence-electron chi connectivity index (χ4n) is 2.73. The summed E-state index contributed by atoms with van der Waals surface area (Å²) in [5.74, 6) is 0.806. The summed E-state index contributed by atoms with van der Waals surface area (Å²) in [7, 11) is 0. The lowest BCUT2D eigenvalue weighted by Crippen LogP contribution is -2.46. The molecule has 1 saturated heterocycles. The molecule has 1 aromatic heterocycles. The number of anilines is 2. The quantitative estimate of drug-likeness (QED) is 0.846. The van der Waals surface area contributed by atoms with Crippen LogP contribution in [0.2, 0.25) is 0 Å². The Morgan fingerprint density at radius 2 is 1.75 bits per heavy atom. The van der Waals surface area contributed by atoms with Gasteiger partial charge in [0, 0.05) is 38.1 Å². The molecule has 5 nitrogen and oxygen atoms in total. The summed E-state index contributed by atoms with van der Waals surface area (Å²) < 4.78 is 39.2. The average Bonchev–Trinajstić information content (AvgIpc) is 2.61. The van der Waals surface area contributed by atoms with E-state index in [4.69, 9.17) is 5.26 Å². The molecule has 0 unspecified atom stereocenters. The number of piperazine rings is 1. The highest BCUT2D eigenvalue weighted by Crippen LogP contribution is 2.34. The molecule has 1 aromatic carbocycles. The molecule has 1 aliphatic heterocycles. The third-order valence-corrected chi connectivity index (χ3v) is 3.96. The summed E-state index contributed by atoms with van der Waals surface area (Å²) in [6.07, 6.45) is -1.41. The molecule has 3 rings (SSSR count). The number of alkyl halides is 3. The van der Waals surface area contributed by atoms with E-state index in [-0.39, 0.29) is 5.56 Å². The van der Waals surface area contributed by atoms with Gasteiger partial charge in [-0.05, 0) is 24.3 Å². The Kier molecular flexibility index (Phi) is 4.25. The van der Waals surface area contributed by atoms with Crippen LogP contribution in [0.25, 0.3) is 0 Å². The molecule has 124 valence electrons. The van der Waals surface area contributed by atoms with Crippen molar-refractivity contribution < 1.29 is 13.2 Å². The van der Waals surface area contributed by atoms with Crippen molar-refractivity contribution in [2.24, 2.45) is 0 Å². The van der Waals surface area contributed by atoms with Crippen LogP contribution >= 0.6 is 0 Å². The van der Waals surface area contributed by atoms with E-state index in [0.717, 1.165) is 11.9 Å². The highest BCUT2D eigenvalue weighted by atomic mass is 19.4. The minimum Gasteiger partial charge on any atom is -0.368 e. The van der Waals surface area contributed by atoms with Gasteiger partial charge in [-0.25, -0.2) is 9.97 Å². The van der Waals surface area contributed by atoms with Gasteiger partial charge < -0.3 is 9.80 Å². The first-order valence-corrected chi connectivity index (χ1v) is 7.36. The smallest absolute Gasteiger partial charge is 0.368 e. The average molecular weight is 333 g/mol. The fraction of sp³-hybridized carbons (Fsp3) is 0.312. The minimum absolute atomic E-state index is 0.356. The zero-order valence-corrected chi connectivity index (χ0v) is 12.7. The zero-order chi connectivity index (χ0) is 17.2. The number of hydrogen-bond acceptors (Lipinski definition) is 5. The molecule has 8 heteroatoms. The second kappa shape index (κ2) is 6.35. The third-order valence-electron chi connectivity index (χ3n) is 3.96. The number of hydrogen-bond donors (Lipinski definition) is 0. The number of benzene rings is 1. The molecule has 2 heterocycles. The van der Waals surface area contributed by atoms with E-state index in [1.54, 1.807) is 24.4 Å². The predicted octanol–water partition coefficient (Wildman–Crippen LogP) is 2.69. The van der Waals surface area contributed by atoms with E-state index in [1.807, 2.05) is 4.90 Å². The van der Waals surface area contributed by atoms with Gasteiger partial charge in [0.25, 0.3) is 0 Å². The van der Waals surface area contributed by atoms with Gasteiger partial charge in [0.2, 0.25) is 0 Å². The maximum Gasteiger partial charge on any atom is 0.417 e. The van der Waals surface area contributed by atoms with E-state index in [0.29, 0.717) is 31.9 Å². The number of nitriles is 1. The van der Waals surface area contributed by atoms with Crippen LogP contribution in [-0.4, -0.2) is 36.1 Å². The Morgan fingerprint density at radius 3 is 2.33 bits per heavy atom. The molecule has 24 heavy (non-hydrogen) atoms. The van der Waals surface area contributed by atoms with E-state index >= 15 is 0 Å². The highest BCUT2D eigenvalue weighted by molar-refractivity contribution is 5.56. The molecule has 0 amide bonds. The van der Waals surface area contributed by atoms with Crippen molar-refractivity contribution in [3.05, 3.63) is 47.9 Å². The fourth-order valence-corrected chi connectivity index (χ4v) is 2.73. The van der Waals surface area contributed by atoms with Crippen molar-refractivity contribution in [2.45, 2.75) is 6.18 Å². The molecule has 0 atom stereocenters. The molecule has 0 bridgehead atoms. The summed E-state index contributed by atoms with van der Waals surface area (Å²) in [6, 6.07) is 7.25. The van der Waals surface area contributed by atoms with E-state index in [2.05, 4.69) is 14.9 Å². The Labute approximate surface area is 137 Å². The largest absolute Gasteiger partial charge is 0.417 e. The summed E-state index contributed by atoms with van der Waals surface area (Å²) in [6.45, 7) is 2.46. The monoisotopic (exact) mass is 333 g/mol. The summed E-state index contributed by atoms with van der Waals surface area (Å²) in [4.78, 5) is 12.0. The van der Waals surface area contributed by atoms with Gasteiger partial charge in [0.1, 0.15) is 12.1 Å². The van der Waals surface area contributed by atoms with E-state index in [1.165, 1.54) is 12.4 Å². The second-order valence-corrected chi connectivity index (χ2v) is 5.38. The summed E-state index contributed by atoms with van der Waals surface area (Å²) in [5, 5.41) is 8.86. The van der Waals surface area contributed by atoms with Gasteiger partial charge in [-0.2, -0.15) is 18.4 Å². The van der Waals surface area contributed by atoms with Crippen LogP contribution in [0.15, 0.2) is 36.8 Å². The van der Waals surface area contributed by atoms with Crippen molar-refractivity contribution >= 4 is 11.5 Å². The minimum atomic E-state index is -4.54. The number of halogens is 3. The van der Waals surface area contributed by atoms with Gasteiger partial charge in [0.05, 0.1) is 17.2 Å². The molecule has 1 fully saturated rings. The molecule has 0 spiro atoms. The summed E-state index contributed by atoms with van der Waals surface area (Å²) in [5.41, 5.74) is -0.768. The van der Waals surface area contributed by atoms with Crippen LogP contribution in [0.5, 0.6) is 0 Å². The SMILES string of the molecule is N#Cc1ccc(N2CCN(c3ccncn3)CC2)cc1C(F)(F)F. The predicted molar refractivity (Wildman–Crippen MR) is 82.6 cm³/mol. The van der Waals surface area contributed by atoms with Crippen molar-refractivity contribution in [3.8, 4) is 6.07 Å². The maximum atomic E-state index is 13.1. The molecule has 2 aromatic rings. The lowest BCUT2D eigenvalue weighted by molar-refractivity contribution is -0.137. The number of aromatic nitrogens is 2. The normalized spacial score (nSPS) is 15.2. The molecular formula is C16H14F3N5. The van der Waals surface area contributed by atoms with Gasteiger partial charge in [0.15, 0.2) is 0 Å². The zero-order valence-electron chi connectivity index (χ0n) is 12.7. The van der Waals surface area contributed by atoms with E-state index < -0.39 is 11.7 Å². The van der Waals surface area contributed by atoms with Crippen molar-refractivity contribution in [1.82, 2.24) is 9.97 Å². The van der Waals surface area contributed by atoms with Crippen LogP contribution in [0.3, 0.4) is 0 Å². The molecule has 1 aliphatic rings. The van der Waals surface area contributed by atoms with E-state index in [9.17, 15) is 13.2 Å². The van der Waals surface area contributed by atoms with Gasteiger partial charge in [-0.3, -0.25) is 0 Å². The van der Waals surface area contributed by atoms with Crippen LogP contribution in [0.1, 0.15) is 11.1 Å². The van der Waals surface area contributed by atoms with Crippen molar-refractivity contribution in [2.75, 3.05) is 36.0 Å². The number of rotatable bonds is 2. The topological polar surface area (TPSA) is 56.1 Å². The van der Waals surface area contributed by atoms with Crippen molar-refractivity contribution in [3.63, 3.8) is 0 Å². The molecule has 0 radical (unpaired) electrons. The lowest BCUT2D eigenvalue weighted by atomic mass is 10.1. The van der Waals surface area contributed by atoms with Crippen molar-refractivity contribution in [1.29, 1.82) is 5.26 Å². The highest BCUT2D eigenvalue weighted by Gasteiger charge is 2.34. The molecule has 0 aliphatic carbocycles. The van der Waals surface area contributed by atoms with Crippen LogP contribution in [0.4, 0.5) is 24.7 Å². The molecule has 0 N–H and O–H groups in total. The first-order valence-electron chi connectivity index (χ1n) is 7.36.